The number of H-pyrrole nitrogens is 1. The Bertz CT molecular complexity index is 1050. The zero-order valence-electron chi connectivity index (χ0n) is 17.8. The van der Waals surface area contributed by atoms with Crippen LogP contribution in [0.2, 0.25) is 0 Å². The summed E-state index contributed by atoms with van der Waals surface area (Å²) in [6.07, 6.45) is 3.21. The van der Waals surface area contributed by atoms with Gasteiger partial charge in [-0.2, -0.15) is 0 Å². The van der Waals surface area contributed by atoms with Crippen LogP contribution in [0.25, 0.3) is 11.0 Å². The number of hydrogen-bond acceptors (Lipinski definition) is 6. The van der Waals surface area contributed by atoms with E-state index in [1.54, 1.807) is 18.2 Å². The summed E-state index contributed by atoms with van der Waals surface area (Å²) >= 11 is 6.40. The number of alkyl halides is 1. The van der Waals surface area contributed by atoms with Crippen molar-refractivity contribution in [2.24, 2.45) is 11.8 Å². The predicted molar refractivity (Wildman–Crippen MR) is 116 cm³/mol. The molecule has 3 fully saturated rings. The Hall–Kier alpha value is -2.52. The molecule has 1 aliphatic carbocycles. The van der Waals surface area contributed by atoms with E-state index in [-0.39, 0.29) is 36.7 Å². The molecule has 3 aliphatic rings. The van der Waals surface area contributed by atoms with Crippen molar-refractivity contribution in [1.29, 1.82) is 0 Å². The Morgan fingerprint density at radius 2 is 2.06 bits per heavy atom. The first kappa shape index (κ1) is 21.3. The number of Topliss-reactive ketones (excluding diaryl/α,β-unsaturated/α-hetero) is 1. The molecule has 2 aliphatic heterocycles. The van der Waals surface area contributed by atoms with Crippen molar-refractivity contribution < 1.29 is 19.1 Å². The van der Waals surface area contributed by atoms with Gasteiger partial charge in [-0.1, -0.05) is 25.0 Å². The van der Waals surface area contributed by atoms with Gasteiger partial charge in [0, 0.05) is 12.1 Å². The number of nitrogens with zero attached hydrogens (tertiary/aromatic N) is 3. The molecule has 9 nitrogen and oxygen atoms in total. The van der Waals surface area contributed by atoms with E-state index in [9.17, 15) is 14.4 Å². The fourth-order valence-electron chi connectivity index (χ4n) is 5.21. The van der Waals surface area contributed by atoms with Crippen molar-refractivity contribution in [1.82, 2.24) is 25.6 Å². The number of nitrogens with one attached hydrogen (secondary N) is 2. The normalized spacial score (nSPS) is 31.0. The Balaban J connectivity index is 1.40. The van der Waals surface area contributed by atoms with Crippen LogP contribution in [-0.4, -0.2) is 74.6 Å². The Morgan fingerprint density at radius 3 is 2.84 bits per heavy atom. The van der Waals surface area contributed by atoms with Crippen LogP contribution in [0.3, 0.4) is 0 Å². The number of carbonyl (C=O) groups excluding carboxylic acids is 3. The van der Waals surface area contributed by atoms with Gasteiger partial charge in [-0.3, -0.25) is 19.5 Å². The average Bonchev–Trinajstić information content (AvgIpc) is 3.49. The van der Waals surface area contributed by atoms with Crippen molar-refractivity contribution in [3.63, 3.8) is 0 Å². The highest BCUT2D eigenvalue weighted by molar-refractivity contribution is 6.22. The largest absolute Gasteiger partial charge is 0.366 e. The molecular formula is C22H26ClN5O4. The van der Waals surface area contributed by atoms with Crippen molar-refractivity contribution in [3.05, 3.63) is 23.8 Å². The number of hydrogen-bond donors (Lipinski definition) is 2. The van der Waals surface area contributed by atoms with E-state index in [1.165, 1.54) is 4.90 Å². The van der Waals surface area contributed by atoms with Crippen LogP contribution in [0, 0.1) is 11.8 Å². The van der Waals surface area contributed by atoms with Crippen LogP contribution in [0.15, 0.2) is 18.2 Å². The Labute approximate surface area is 190 Å². The van der Waals surface area contributed by atoms with Crippen LogP contribution in [-0.2, 0) is 14.3 Å². The van der Waals surface area contributed by atoms with Crippen molar-refractivity contribution >= 4 is 40.2 Å². The summed E-state index contributed by atoms with van der Waals surface area (Å²) < 4.78 is 5.53. The molecule has 170 valence electrons. The molecule has 1 aromatic heterocycles. The summed E-state index contributed by atoms with van der Waals surface area (Å²) in [5.74, 6) is -0.123. The molecule has 0 spiro atoms. The highest BCUT2D eigenvalue weighted by atomic mass is 35.5. The third-order valence-corrected chi connectivity index (χ3v) is 7.46. The summed E-state index contributed by atoms with van der Waals surface area (Å²) in [5, 5.41) is 13.0. The third kappa shape index (κ3) is 3.77. The second kappa shape index (κ2) is 8.44. The van der Waals surface area contributed by atoms with Crippen LogP contribution in [0.1, 0.15) is 43.0 Å². The number of aromatic amines is 1. The summed E-state index contributed by atoms with van der Waals surface area (Å²) in [6, 6.07) is 3.66. The molecule has 2 amide bonds. The second-order valence-electron chi connectivity index (χ2n) is 9.21. The summed E-state index contributed by atoms with van der Waals surface area (Å²) in [6.45, 7) is 2.41. The second-order valence-corrected chi connectivity index (χ2v) is 9.77. The van der Waals surface area contributed by atoms with E-state index in [4.69, 9.17) is 16.3 Å². The first-order chi connectivity index (χ1) is 15.4. The minimum atomic E-state index is -0.721. The topological polar surface area (TPSA) is 117 Å². The lowest BCUT2D eigenvalue weighted by atomic mass is 9.78. The zero-order chi connectivity index (χ0) is 22.4. The summed E-state index contributed by atoms with van der Waals surface area (Å²) in [4.78, 5) is 40.8. The molecule has 10 heteroatoms. The van der Waals surface area contributed by atoms with Gasteiger partial charge in [0.1, 0.15) is 30.3 Å². The maximum atomic E-state index is 13.7. The van der Waals surface area contributed by atoms with E-state index in [0.717, 1.165) is 25.7 Å². The number of ether oxygens (including phenoxy) is 1. The quantitative estimate of drug-likeness (QED) is 0.671. The summed E-state index contributed by atoms with van der Waals surface area (Å²) in [7, 11) is 0. The van der Waals surface area contributed by atoms with Gasteiger partial charge in [0.2, 0.25) is 5.91 Å². The number of amides is 2. The van der Waals surface area contributed by atoms with Crippen LogP contribution >= 0.6 is 11.6 Å². The molecule has 4 atom stereocenters. The molecule has 3 heterocycles. The molecule has 0 unspecified atom stereocenters. The van der Waals surface area contributed by atoms with Gasteiger partial charge in [-0.15, -0.1) is 16.7 Å². The number of ketones is 1. The lowest BCUT2D eigenvalue weighted by Crippen LogP contribution is -2.55. The van der Waals surface area contributed by atoms with Gasteiger partial charge < -0.3 is 15.0 Å². The van der Waals surface area contributed by atoms with Crippen molar-refractivity contribution in [2.75, 3.05) is 13.2 Å². The lowest BCUT2D eigenvalue weighted by molar-refractivity contribution is -0.139. The van der Waals surface area contributed by atoms with Gasteiger partial charge in [-0.25, -0.2) is 0 Å². The predicted octanol–water partition coefficient (Wildman–Crippen LogP) is 1.67. The molecule has 1 aromatic carbocycles. The molecule has 2 saturated heterocycles. The molecule has 1 saturated carbocycles. The average molecular weight is 460 g/mol. The highest BCUT2D eigenvalue weighted by Crippen LogP contribution is 2.35. The number of halogens is 1. The van der Waals surface area contributed by atoms with Gasteiger partial charge in [-0.05, 0) is 42.9 Å². The van der Waals surface area contributed by atoms with Crippen molar-refractivity contribution in [2.45, 2.75) is 56.2 Å². The molecule has 2 aromatic rings. The van der Waals surface area contributed by atoms with Gasteiger partial charge in [0.25, 0.3) is 5.91 Å². The fourth-order valence-corrected chi connectivity index (χ4v) is 5.57. The molecule has 0 radical (unpaired) electrons. The molecule has 0 bridgehead atoms. The summed E-state index contributed by atoms with van der Waals surface area (Å²) in [5.41, 5.74) is 1.72. The Morgan fingerprint density at radius 1 is 1.28 bits per heavy atom. The Kier molecular flexibility index (Phi) is 5.63. The zero-order valence-corrected chi connectivity index (χ0v) is 18.5. The van der Waals surface area contributed by atoms with Gasteiger partial charge in [0.05, 0.1) is 10.9 Å². The third-order valence-electron chi connectivity index (χ3n) is 7.08. The van der Waals surface area contributed by atoms with Gasteiger partial charge >= 0.3 is 0 Å². The molecule has 5 rings (SSSR count). The monoisotopic (exact) mass is 459 g/mol. The highest BCUT2D eigenvalue weighted by Gasteiger charge is 2.53. The number of likely N-dealkylation sites (tertiary alicyclic amines) is 1. The van der Waals surface area contributed by atoms with Crippen LogP contribution < -0.4 is 5.32 Å². The van der Waals surface area contributed by atoms with E-state index in [0.29, 0.717) is 22.5 Å². The maximum Gasteiger partial charge on any atom is 0.252 e. The van der Waals surface area contributed by atoms with E-state index in [1.807, 2.05) is 0 Å². The number of benzene rings is 1. The number of aromatic nitrogens is 3. The van der Waals surface area contributed by atoms with E-state index >= 15 is 0 Å². The van der Waals surface area contributed by atoms with Gasteiger partial charge in [0.15, 0.2) is 5.78 Å². The van der Waals surface area contributed by atoms with Crippen LogP contribution in [0.4, 0.5) is 0 Å². The molecule has 32 heavy (non-hydrogen) atoms. The fraction of sp³-hybridized carbons (Fsp3) is 0.591. The number of fused-ring (bicyclic) bond motifs is 2. The minimum absolute atomic E-state index is 0.00505. The van der Waals surface area contributed by atoms with Crippen LogP contribution in [0.5, 0.6) is 0 Å². The molecular weight excluding hydrogens is 434 g/mol. The first-order valence-electron chi connectivity index (χ1n) is 11.1. The SMILES string of the molecule is C[C@H]1CC[C@H]([C@H](NC(=O)c2ccc3nn[nH]c3c2)C(=O)N2C[C@H](Cl)[C@H]3OCC(=O)[C@H]32)CC1. The number of rotatable bonds is 4. The standard InChI is InChI=1S/C22H26ClN5O4/c1-11-2-4-12(5-3-11)18(22(31)28-9-14(23)20-19(28)17(29)10-32-20)24-21(30)13-6-7-15-16(8-13)26-27-25-15/h6-8,11-12,14,18-20H,2-5,9-10H2,1H3,(H,24,30)(H,25,26,27)/t11-,12-,14-,18-,19+,20+/m0/s1. The maximum absolute atomic E-state index is 13.7. The first-order valence-corrected chi connectivity index (χ1v) is 11.6. The van der Waals surface area contributed by atoms with Crippen molar-refractivity contribution in [3.8, 4) is 0 Å². The smallest absolute Gasteiger partial charge is 0.252 e. The lowest BCUT2D eigenvalue weighted by Gasteiger charge is -2.35. The number of carbonyl (C=O) groups is 3. The van der Waals surface area contributed by atoms with E-state index < -0.39 is 23.6 Å². The minimum Gasteiger partial charge on any atom is -0.366 e. The molecule has 2 N–H and O–H groups in total. The van der Waals surface area contributed by atoms with E-state index in [2.05, 4.69) is 27.7 Å².